The summed E-state index contributed by atoms with van der Waals surface area (Å²) in [7, 11) is 0. The van der Waals surface area contributed by atoms with Crippen molar-refractivity contribution < 1.29 is 8.81 Å². The van der Waals surface area contributed by atoms with E-state index in [2.05, 4.69) is 28.0 Å². The van der Waals surface area contributed by atoms with Crippen LogP contribution in [0.3, 0.4) is 0 Å². The molecule has 0 aliphatic heterocycles. The zero-order valence-electron chi connectivity index (χ0n) is 9.69. The maximum atomic E-state index is 13.2. The summed E-state index contributed by atoms with van der Waals surface area (Å²) >= 11 is 3.90. The van der Waals surface area contributed by atoms with Crippen LogP contribution < -0.4 is 11.3 Å². The lowest BCUT2D eigenvalue weighted by Crippen LogP contribution is -2.28. The molecule has 0 saturated carbocycles. The van der Waals surface area contributed by atoms with Crippen molar-refractivity contribution in [1.82, 2.24) is 5.43 Å². The third-order valence-electron chi connectivity index (χ3n) is 2.87. The second-order valence-electron chi connectivity index (χ2n) is 4.11. The van der Waals surface area contributed by atoms with E-state index in [0.717, 1.165) is 10.9 Å². The van der Waals surface area contributed by atoms with Crippen LogP contribution in [0.5, 0.6) is 0 Å². The van der Waals surface area contributed by atoms with Crippen molar-refractivity contribution in [2.75, 3.05) is 0 Å². The number of nitrogens with one attached hydrogen (secondary N) is 1. The Morgan fingerprint density at radius 2 is 2.16 bits per heavy atom. The van der Waals surface area contributed by atoms with E-state index in [0.29, 0.717) is 11.3 Å². The highest BCUT2D eigenvalue weighted by Crippen LogP contribution is 2.30. The molecule has 0 radical (unpaired) electrons. The second-order valence-corrected chi connectivity index (χ2v) is 6.92. The molecule has 3 N–H and O–H groups in total. The van der Waals surface area contributed by atoms with Crippen molar-refractivity contribution >= 4 is 44.9 Å². The van der Waals surface area contributed by atoms with Crippen LogP contribution in [0.25, 0.3) is 11.0 Å². The van der Waals surface area contributed by atoms with Crippen LogP contribution in [0.15, 0.2) is 40.1 Å². The summed E-state index contributed by atoms with van der Waals surface area (Å²) in [5.74, 6) is 6.02. The summed E-state index contributed by atoms with van der Waals surface area (Å²) in [6, 6.07) is 8.09. The third kappa shape index (κ3) is 2.53. The molecule has 1 aromatic carbocycles. The Morgan fingerprint density at radius 3 is 2.84 bits per heavy atom. The van der Waals surface area contributed by atoms with E-state index in [4.69, 9.17) is 10.3 Å². The molecule has 19 heavy (non-hydrogen) atoms. The fourth-order valence-electron chi connectivity index (χ4n) is 1.99. The molecule has 0 saturated heterocycles. The van der Waals surface area contributed by atoms with Gasteiger partial charge in [-0.3, -0.25) is 5.84 Å². The average Bonchev–Trinajstić information content (AvgIpc) is 2.96. The average molecular weight is 388 g/mol. The van der Waals surface area contributed by atoms with Gasteiger partial charge in [0.2, 0.25) is 0 Å². The lowest BCUT2D eigenvalue weighted by Gasteiger charge is -2.10. The first-order chi connectivity index (χ1) is 9.17. The second kappa shape index (κ2) is 5.20. The smallest absolute Gasteiger partial charge is 0.134 e. The quantitative estimate of drug-likeness (QED) is 0.408. The Hall–Kier alpha value is -0.960. The molecule has 3 rings (SSSR count). The summed E-state index contributed by atoms with van der Waals surface area (Å²) < 4.78 is 20.1. The number of fused-ring (bicyclic) bond motifs is 1. The van der Waals surface area contributed by atoms with Crippen LogP contribution in [-0.2, 0) is 0 Å². The molecule has 1 atom stereocenters. The molecule has 2 aromatic heterocycles. The van der Waals surface area contributed by atoms with E-state index in [1.807, 2.05) is 17.5 Å². The Kier molecular flexibility index (Phi) is 3.57. The van der Waals surface area contributed by atoms with Gasteiger partial charge in [-0.25, -0.2) is 9.82 Å². The minimum absolute atomic E-state index is 0.227. The molecule has 0 spiro atoms. The number of thiophene rings is 1. The van der Waals surface area contributed by atoms with E-state index in [1.54, 1.807) is 17.4 Å². The first-order valence-corrected chi connectivity index (χ1v) is 7.52. The number of hydrogen-bond donors (Lipinski definition) is 2. The standard InChI is InChI=1S/C13H10FIN2OS/c14-9-1-2-10-7(3-9)4-11(18-10)13(17-16)8-5-12(15)19-6-8/h1-6,13,17H,16H2. The van der Waals surface area contributed by atoms with E-state index >= 15 is 0 Å². The molecule has 0 fully saturated rings. The van der Waals surface area contributed by atoms with Crippen molar-refractivity contribution in [1.29, 1.82) is 0 Å². The van der Waals surface area contributed by atoms with Gasteiger partial charge >= 0.3 is 0 Å². The first kappa shape index (κ1) is 13.0. The molecular weight excluding hydrogens is 378 g/mol. The predicted molar refractivity (Wildman–Crippen MR) is 82.4 cm³/mol. The molecule has 0 bridgehead atoms. The molecule has 6 heteroatoms. The number of benzene rings is 1. The van der Waals surface area contributed by atoms with Gasteiger partial charge in [0.25, 0.3) is 0 Å². The summed E-state index contributed by atoms with van der Waals surface area (Å²) in [6.45, 7) is 0. The molecule has 0 amide bonds. The number of hydrogen-bond acceptors (Lipinski definition) is 4. The van der Waals surface area contributed by atoms with Gasteiger partial charge in [-0.15, -0.1) is 11.3 Å². The van der Waals surface area contributed by atoms with Gasteiger partial charge < -0.3 is 4.42 Å². The fourth-order valence-corrected chi connectivity index (χ4v) is 3.39. The van der Waals surface area contributed by atoms with Gasteiger partial charge in [0, 0.05) is 5.39 Å². The van der Waals surface area contributed by atoms with Crippen molar-refractivity contribution in [2.45, 2.75) is 6.04 Å². The Labute approximate surface area is 126 Å². The zero-order valence-corrected chi connectivity index (χ0v) is 12.7. The van der Waals surface area contributed by atoms with Gasteiger partial charge in [-0.2, -0.15) is 0 Å². The zero-order chi connectivity index (χ0) is 13.4. The number of nitrogens with two attached hydrogens (primary N) is 1. The van der Waals surface area contributed by atoms with Gasteiger partial charge in [0.15, 0.2) is 0 Å². The predicted octanol–water partition coefficient (Wildman–Crippen LogP) is 3.79. The van der Waals surface area contributed by atoms with Crippen molar-refractivity contribution in [3.63, 3.8) is 0 Å². The topological polar surface area (TPSA) is 51.2 Å². The number of halogens is 2. The molecule has 2 heterocycles. The minimum Gasteiger partial charge on any atom is -0.459 e. The van der Waals surface area contributed by atoms with Crippen LogP contribution in [0, 0.1) is 8.70 Å². The minimum atomic E-state index is -0.276. The SMILES string of the molecule is NNC(c1csc(I)c1)c1cc2cc(F)ccc2o1. The van der Waals surface area contributed by atoms with Crippen LogP contribution in [0.1, 0.15) is 17.4 Å². The maximum Gasteiger partial charge on any atom is 0.134 e. The van der Waals surface area contributed by atoms with Crippen LogP contribution in [-0.4, -0.2) is 0 Å². The van der Waals surface area contributed by atoms with E-state index < -0.39 is 0 Å². The monoisotopic (exact) mass is 388 g/mol. The summed E-state index contributed by atoms with van der Waals surface area (Å²) in [6.07, 6.45) is 0. The van der Waals surface area contributed by atoms with Gasteiger partial charge in [0.05, 0.1) is 2.88 Å². The normalized spacial score (nSPS) is 13.0. The molecule has 3 nitrogen and oxygen atoms in total. The van der Waals surface area contributed by atoms with E-state index in [1.165, 1.54) is 15.0 Å². The molecule has 0 aliphatic rings. The van der Waals surface area contributed by atoms with Crippen molar-refractivity contribution in [3.05, 3.63) is 55.7 Å². The van der Waals surface area contributed by atoms with Crippen molar-refractivity contribution in [3.8, 4) is 0 Å². The van der Waals surface area contributed by atoms with E-state index in [-0.39, 0.29) is 11.9 Å². The highest BCUT2D eigenvalue weighted by Gasteiger charge is 2.18. The third-order valence-corrected chi connectivity index (χ3v) is 4.68. The van der Waals surface area contributed by atoms with Gasteiger partial charge in [0.1, 0.15) is 23.2 Å². The molecule has 3 aromatic rings. The Bertz CT molecular complexity index is 724. The van der Waals surface area contributed by atoms with Crippen LogP contribution in [0.2, 0.25) is 0 Å². The molecule has 1 unspecified atom stereocenters. The highest BCUT2D eigenvalue weighted by molar-refractivity contribution is 14.1. The summed E-state index contributed by atoms with van der Waals surface area (Å²) in [5.41, 5.74) is 4.43. The highest BCUT2D eigenvalue weighted by atomic mass is 127. The Morgan fingerprint density at radius 1 is 1.32 bits per heavy atom. The molecule has 0 aliphatic carbocycles. The number of furan rings is 1. The van der Waals surface area contributed by atoms with Gasteiger partial charge in [-0.1, -0.05) is 0 Å². The number of hydrazine groups is 1. The van der Waals surface area contributed by atoms with Gasteiger partial charge in [-0.05, 0) is 63.9 Å². The lowest BCUT2D eigenvalue weighted by molar-refractivity contribution is 0.477. The lowest BCUT2D eigenvalue weighted by atomic mass is 10.1. The summed E-state index contributed by atoms with van der Waals surface area (Å²) in [5, 5.41) is 2.76. The van der Waals surface area contributed by atoms with E-state index in [9.17, 15) is 4.39 Å². The molecule has 98 valence electrons. The maximum absolute atomic E-state index is 13.2. The summed E-state index contributed by atoms with van der Waals surface area (Å²) in [4.78, 5) is 0. The van der Waals surface area contributed by atoms with Crippen molar-refractivity contribution in [2.24, 2.45) is 5.84 Å². The number of rotatable bonds is 3. The van der Waals surface area contributed by atoms with Crippen LogP contribution in [0.4, 0.5) is 4.39 Å². The van der Waals surface area contributed by atoms with Crippen LogP contribution >= 0.6 is 33.9 Å². The first-order valence-electron chi connectivity index (χ1n) is 5.56. The Balaban J connectivity index is 2.06. The largest absolute Gasteiger partial charge is 0.459 e. The molecular formula is C13H10FIN2OS. The fraction of sp³-hybridized carbons (Fsp3) is 0.0769.